The Hall–Kier alpha value is -0.960. The number of halogens is 2. The fourth-order valence-electron chi connectivity index (χ4n) is 2.08. The van der Waals surface area contributed by atoms with Crippen LogP contribution in [0.25, 0.3) is 0 Å². The van der Waals surface area contributed by atoms with Crippen LogP contribution in [0.5, 0.6) is 0 Å². The van der Waals surface area contributed by atoms with Crippen LogP contribution >= 0.6 is 0 Å². The third-order valence-electron chi connectivity index (χ3n) is 3.09. The first-order valence-corrected chi connectivity index (χ1v) is 6.29. The lowest BCUT2D eigenvalue weighted by Gasteiger charge is -2.15. The van der Waals surface area contributed by atoms with Crippen molar-refractivity contribution in [3.8, 4) is 0 Å². The first-order chi connectivity index (χ1) is 8.19. The van der Waals surface area contributed by atoms with Crippen molar-refractivity contribution in [1.29, 1.82) is 0 Å². The molecule has 0 amide bonds. The maximum Gasteiger partial charge on any atom is 0.129 e. The Labute approximate surface area is 102 Å². The molecule has 0 radical (unpaired) electrons. The molecule has 1 aromatic rings. The molecule has 3 heteroatoms. The zero-order valence-electron chi connectivity index (χ0n) is 10.6. The molecule has 0 saturated heterocycles. The fraction of sp³-hybridized carbons (Fsp3) is 0.571. The summed E-state index contributed by atoms with van der Waals surface area (Å²) in [6.45, 7) is 2.14. The minimum atomic E-state index is -0.429. The van der Waals surface area contributed by atoms with Crippen molar-refractivity contribution in [3.05, 3.63) is 35.4 Å². The second-order valence-corrected chi connectivity index (χ2v) is 4.37. The molecule has 17 heavy (non-hydrogen) atoms. The zero-order valence-corrected chi connectivity index (χ0v) is 10.6. The van der Waals surface area contributed by atoms with Gasteiger partial charge >= 0.3 is 0 Å². The van der Waals surface area contributed by atoms with Gasteiger partial charge < -0.3 is 5.32 Å². The van der Waals surface area contributed by atoms with Gasteiger partial charge in [-0.2, -0.15) is 0 Å². The molecule has 1 rings (SSSR count). The van der Waals surface area contributed by atoms with Gasteiger partial charge in [-0.15, -0.1) is 0 Å². The lowest BCUT2D eigenvalue weighted by atomic mass is 10.0. The van der Waals surface area contributed by atoms with Gasteiger partial charge in [-0.3, -0.25) is 0 Å². The lowest BCUT2D eigenvalue weighted by molar-refractivity contribution is 0.462. The highest BCUT2D eigenvalue weighted by molar-refractivity contribution is 5.19. The molecular weight excluding hydrogens is 220 g/mol. The molecule has 0 aliphatic heterocycles. The summed E-state index contributed by atoms with van der Waals surface area (Å²) in [5.74, 6) is -0.858. The molecule has 1 atom stereocenters. The molecule has 0 bridgehead atoms. The molecule has 0 aliphatic carbocycles. The van der Waals surface area contributed by atoms with Crippen LogP contribution in [0.1, 0.15) is 38.2 Å². The summed E-state index contributed by atoms with van der Waals surface area (Å²) in [6, 6.07) is 4.50. The Bertz CT molecular complexity index is 319. The van der Waals surface area contributed by atoms with Crippen molar-refractivity contribution in [1.82, 2.24) is 5.32 Å². The van der Waals surface area contributed by atoms with E-state index in [-0.39, 0.29) is 5.56 Å². The Kier molecular flexibility index (Phi) is 6.12. The fourth-order valence-corrected chi connectivity index (χ4v) is 2.08. The van der Waals surface area contributed by atoms with Gasteiger partial charge in [0.15, 0.2) is 0 Å². The minimum Gasteiger partial charge on any atom is -0.317 e. The first-order valence-electron chi connectivity index (χ1n) is 6.29. The standard InChI is InChI=1S/C14H21F2N/c1-3-6-11(17-2)7-4-8-12-13(15)9-5-10-14(12)16/h5,9-11,17H,3-4,6-8H2,1-2H3. The van der Waals surface area contributed by atoms with Crippen LogP contribution in [0.3, 0.4) is 0 Å². The maximum absolute atomic E-state index is 13.3. The van der Waals surface area contributed by atoms with Gasteiger partial charge in [0.25, 0.3) is 0 Å². The summed E-state index contributed by atoms with van der Waals surface area (Å²) in [5.41, 5.74) is 0.221. The van der Waals surface area contributed by atoms with Crippen molar-refractivity contribution >= 4 is 0 Å². The van der Waals surface area contributed by atoms with Gasteiger partial charge in [-0.05, 0) is 44.9 Å². The maximum atomic E-state index is 13.3. The van der Waals surface area contributed by atoms with E-state index in [0.717, 1.165) is 25.7 Å². The van der Waals surface area contributed by atoms with E-state index in [9.17, 15) is 8.78 Å². The summed E-state index contributed by atoms with van der Waals surface area (Å²) < 4.78 is 26.7. The summed E-state index contributed by atoms with van der Waals surface area (Å²) >= 11 is 0. The average molecular weight is 241 g/mol. The van der Waals surface area contributed by atoms with E-state index in [0.29, 0.717) is 12.5 Å². The largest absolute Gasteiger partial charge is 0.317 e. The Balaban J connectivity index is 2.45. The van der Waals surface area contributed by atoms with Crippen molar-refractivity contribution < 1.29 is 8.78 Å². The molecule has 96 valence electrons. The predicted octanol–water partition coefficient (Wildman–Crippen LogP) is 3.68. The number of hydrogen-bond acceptors (Lipinski definition) is 1. The molecule has 1 unspecified atom stereocenters. The SMILES string of the molecule is CCCC(CCCc1c(F)cccc1F)NC. The van der Waals surface area contributed by atoms with Crippen LogP contribution in [0.4, 0.5) is 8.78 Å². The van der Waals surface area contributed by atoms with Crippen LogP contribution in [-0.2, 0) is 6.42 Å². The molecule has 1 aromatic carbocycles. The average Bonchev–Trinajstić information content (AvgIpc) is 2.31. The van der Waals surface area contributed by atoms with E-state index in [1.807, 2.05) is 7.05 Å². The molecular formula is C14H21F2N. The number of benzene rings is 1. The van der Waals surface area contributed by atoms with Crippen molar-refractivity contribution in [3.63, 3.8) is 0 Å². The topological polar surface area (TPSA) is 12.0 Å². The second kappa shape index (κ2) is 7.38. The molecule has 1 N–H and O–H groups in total. The molecule has 0 heterocycles. The molecule has 0 saturated carbocycles. The Morgan fingerprint density at radius 3 is 2.35 bits per heavy atom. The van der Waals surface area contributed by atoms with Gasteiger partial charge in [-0.25, -0.2) is 8.78 Å². The Morgan fingerprint density at radius 2 is 1.82 bits per heavy atom. The molecule has 0 spiro atoms. The molecule has 0 fully saturated rings. The van der Waals surface area contributed by atoms with E-state index in [4.69, 9.17) is 0 Å². The predicted molar refractivity (Wildman–Crippen MR) is 67.1 cm³/mol. The van der Waals surface area contributed by atoms with E-state index < -0.39 is 11.6 Å². The smallest absolute Gasteiger partial charge is 0.129 e. The van der Waals surface area contributed by atoms with E-state index in [1.54, 1.807) is 0 Å². The van der Waals surface area contributed by atoms with Gasteiger partial charge in [-0.1, -0.05) is 19.4 Å². The van der Waals surface area contributed by atoms with Crippen LogP contribution in [0.15, 0.2) is 18.2 Å². The molecule has 0 aliphatic rings. The highest BCUT2D eigenvalue weighted by Crippen LogP contribution is 2.16. The number of hydrogen-bond donors (Lipinski definition) is 1. The van der Waals surface area contributed by atoms with Crippen LogP contribution in [0.2, 0.25) is 0 Å². The third-order valence-corrected chi connectivity index (χ3v) is 3.09. The van der Waals surface area contributed by atoms with Gasteiger partial charge in [0.1, 0.15) is 11.6 Å². The van der Waals surface area contributed by atoms with Crippen molar-refractivity contribution in [2.45, 2.75) is 45.1 Å². The van der Waals surface area contributed by atoms with E-state index in [1.165, 1.54) is 18.2 Å². The van der Waals surface area contributed by atoms with E-state index >= 15 is 0 Å². The summed E-state index contributed by atoms with van der Waals surface area (Å²) in [6.07, 6.45) is 4.47. The van der Waals surface area contributed by atoms with Gasteiger partial charge in [0, 0.05) is 11.6 Å². The van der Waals surface area contributed by atoms with Crippen molar-refractivity contribution in [2.24, 2.45) is 0 Å². The zero-order chi connectivity index (χ0) is 12.7. The van der Waals surface area contributed by atoms with Crippen molar-refractivity contribution in [2.75, 3.05) is 7.05 Å². The lowest BCUT2D eigenvalue weighted by Crippen LogP contribution is -2.24. The quantitative estimate of drug-likeness (QED) is 0.768. The highest BCUT2D eigenvalue weighted by Gasteiger charge is 2.09. The Morgan fingerprint density at radius 1 is 1.18 bits per heavy atom. The summed E-state index contributed by atoms with van der Waals surface area (Å²) in [4.78, 5) is 0. The molecule has 0 aromatic heterocycles. The molecule has 1 nitrogen and oxygen atoms in total. The van der Waals surface area contributed by atoms with Gasteiger partial charge in [0.2, 0.25) is 0 Å². The van der Waals surface area contributed by atoms with Crippen LogP contribution < -0.4 is 5.32 Å². The highest BCUT2D eigenvalue weighted by atomic mass is 19.1. The second-order valence-electron chi connectivity index (χ2n) is 4.37. The van der Waals surface area contributed by atoms with Crippen LogP contribution in [-0.4, -0.2) is 13.1 Å². The number of nitrogens with one attached hydrogen (secondary N) is 1. The normalized spacial score (nSPS) is 12.7. The summed E-state index contributed by atoms with van der Waals surface area (Å²) in [5, 5.41) is 3.23. The number of rotatable bonds is 7. The van der Waals surface area contributed by atoms with E-state index in [2.05, 4.69) is 12.2 Å². The third kappa shape index (κ3) is 4.43. The minimum absolute atomic E-state index is 0.221. The summed E-state index contributed by atoms with van der Waals surface area (Å²) in [7, 11) is 1.93. The monoisotopic (exact) mass is 241 g/mol. The van der Waals surface area contributed by atoms with Crippen LogP contribution in [0, 0.1) is 11.6 Å². The first kappa shape index (κ1) is 14.1. The van der Waals surface area contributed by atoms with Gasteiger partial charge in [0.05, 0.1) is 0 Å².